The summed E-state index contributed by atoms with van der Waals surface area (Å²) < 4.78 is 3.35. The Morgan fingerprint density at radius 1 is 0.789 bits per heavy atom. The Morgan fingerprint density at radius 2 is 1.42 bits per heavy atom. The Kier molecular flexibility index (Phi) is 3.51. The zero-order chi connectivity index (χ0) is 13.1. The molecule has 0 saturated heterocycles. The molecule has 2 heteroatoms. The maximum Gasteiger partial charge on any atom is 0.0928 e. The highest BCUT2D eigenvalue weighted by molar-refractivity contribution is 9.10. The summed E-state index contributed by atoms with van der Waals surface area (Å²) in [5, 5.41) is 0. The van der Waals surface area contributed by atoms with Crippen molar-refractivity contribution in [1.82, 2.24) is 4.57 Å². The molecule has 0 spiro atoms. The fourth-order valence-electron chi connectivity index (χ4n) is 2.19. The van der Waals surface area contributed by atoms with Gasteiger partial charge in [0.1, 0.15) is 0 Å². The van der Waals surface area contributed by atoms with Crippen molar-refractivity contribution in [1.29, 1.82) is 0 Å². The van der Waals surface area contributed by atoms with Crippen LogP contribution in [0.1, 0.15) is 5.56 Å². The van der Waals surface area contributed by atoms with Crippen LogP contribution in [-0.4, -0.2) is 4.57 Å². The van der Waals surface area contributed by atoms with Crippen molar-refractivity contribution in [3.8, 4) is 11.1 Å². The Balaban J connectivity index is 1.92. The van der Waals surface area contributed by atoms with E-state index in [9.17, 15) is 0 Å². The van der Waals surface area contributed by atoms with Gasteiger partial charge in [-0.3, -0.25) is 0 Å². The van der Waals surface area contributed by atoms with E-state index in [-0.39, 0.29) is 0 Å². The minimum absolute atomic E-state index is 0.883. The van der Waals surface area contributed by atoms with Gasteiger partial charge in [0.05, 0.1) is 4.60 Å². The summed E-state index contributed by atoms with van der Waals surface area (Å²) in [5.74, 6) is 0. The first-order valence-corrected chi connectivity index (χ1v) is 7.08. The SMILES string of the molecule is Brc1c(-c2ccccc2)ccn1Cc1ccccc1. The first kappa shape index (κ1) is 12.2. The average molecular weight is 312 g/mol. The third-order valence-electron chi connectivity index (χ3n) is 3.18. The molecule has 1 heterocycles. The quantitative estimate of drug-likeness (QED) is 0.644. The van der Waals surface area contributed by atoms with Crippen LogP contribution in [0.15, 0.2) is 77.5 Å². The van der Waals surface area contributed by atoms with Crippen molar-refractivity contribution in [3.63, 3.8) is 0 Å². The smallest absolute Gasteiger partial charge is 0.0928 e. The van der Waals surface area contributed by atoms with Crippen molar-refractivity contribution in [2.24, 2.45) is 0 Å². The van der Waals surface area contributed by atoms with Gasteiger partial charge in [-0.05, 0) is 33.1 Å². The molecule has 94 valence electrons. The third-order valence-corrected chi connectivity index (χ3v) is 4.06. The van der Waals surface area contributed by atoms with Gasteiger partial charge in [-0.1, -0.05) is 60.7 Å². The molecule has 0 N–H and O–H groups in total. The van der Waals surface area contributed by atoms with Crippen molar-refractivity contribution < 1.29 is 0 Å². The van der Waals surface area contributed by atoms with Gasteiger partial charge in [-0.2, -0.15) is 0 Å². The third kappa shape index (κ3) is 2.64. The Morgan fingerprint density at radius 3 is 2.11 bits per heavy atom. The highest BCUT2D eigenvalue weighted by Gasteiger charge is 2.08. The van der Waals surface area contributed by atoms with Crippen LogP contribution in [0, 0.1) is 0 Å². The van der Waals surface area contributed by atoms with Gasteiger partial charge in [0.25, 0.3) is 0 Å². The van der Waals surface area contributed by atoms with Crippen LogP contribution in [0.3, 0.4) is 0 Å². The van der Waals surface area contributed by atoms with E-state index in [4.69, 9.17) is 0 Å². The second-order valence-electron chi connectivity index (χ2n) is 4.50. The van der Waals surface area contributed by atoms with Gasteiger partial charge in [0.15, 0.2) is 0 Å². The largest absolute Gasteiger partial charge is 0.337 e. The van der Waals surface area contributed by atoms with E-state index in [0.29, 0.717) is 0 Å². The predicted octanol–water partition coefficient (Wildman–Crippen LogP) is 4.97. The zero-order valence-corrected chi connectivity index (χ0v) is 12.0. The lowest BCUT2D eigenvalue weighted by Gasteiger charge is -2.06. The fourth-order valence-corrected chi connectivity index (χ4v) is 2.79. The fraction of sp³-hybridized carbons (Fsp3) is 0.0588. The standard InChI is InChI=1S/C17H14BrN/c18-17-16(15-9-5-2-6-10-15)11-12-19(17)13-14-7-3-1-4-8-14/h1-12H,13H2. The number of rotatable bonds is 3. The maximum atomic E-state index is 3.71. The summed E-state index contributed by atoms with van der Waals surface area (Å²) in [4.78, 5) is 0. The van der Waals surface area contributed by atoms with E-state index in [2.05, 4.69) is 81.3 Å². The van der Waals surface area contributed by atoms with Gasteiger partial charge in [0.2, 0.25) is 0 Å². The van der Waals surface area contributed by atoms with E-state index in [1.54, 1.807) is 0 Å². The predicted molar refractivity (Wildman–Crippen MR) is 83.1 cm³/mol. The summed E-state index contributed by atoms with van der Waals surface area (Å²) in [6.45, 7) is 0.883. The molecule has 0 saturated carbocycles. The Bertz CT molecular complexity index is 656. The number of halogens is 1. The minimum Gasteiger partial charge on any atom is -0.337 e. The summed E-state index contributed by atoms with van der Waals surface area (Å²) in [5.41, 5.74) is 3.77. The summed E-state index contributed by atoms with van der Waals surface area (Å²) in [6.07, 6.45) is 2.12. The average Bonchev–Trinajstić information content (AvgIpc) is 2.82. The summed E-state index contributed by atoms with van der Waals surface area (Å²) in [7, 11) is 0. The van der Waals surface area contributed by atoms with Gasteiger partial charge in [-0.25, -0.2) is 0 Å². The van der Waals surface area contributed by atoms with Crippen molar-refractivity contribution in [3.05, 3.63) is 83.1 Å². The summed E-state index contributed by atoms with van der Waals surface area (Å²) >= 11 is 3.71. The number of benzene rings is 2. The molecule has 0 unspecified atom stereocenters. The lowest BCUT2D eigenvalue weighted by molar-refractivity contribution is 0.788. The summed E-state index contributed by atoms with van der Waals surface area (Å²) in [6, 6.07) is 23.1. The molecule has 3 rings (SSSR count). The van der Waals surface area contributed by atoms with Crippen molar-refractivity contribution in [2.45, 2.75) is 6.54 Å². The number of nitrogens with zero attached hydrogens (tertiary/aromatic N) is 1. The van der Waals surface area contributed by atoms with E-state index >= 15 is 0 Å². The maximum absolute atomic E-state index is 3.71. The van der Waals surface area contributed by atoms with Crippen LogP contribution in [0.5, 0.6) is 0 Å². The topological polar surface area (TPSA) is 4.93 Å². The number of aromatic nitrogens is 1. The van der Waals surface area contributed by atoms with Crippen molar-refractivity contribution in [2.75, 3.05) is 0 Å². The van der Waals surface area contributed by atoms with Crippen molar-refractivity contribution >= 4 is 15.9 Å². The second-order valence-corrected chi connectivity index (χ2v) is 5.25. The number of hydrogen-bond acceptors (Lipinski definition) is 0. The molecule has 0 amide bonds. The number of hydrogen-bond donors (Lipinski definition) is 0. The molecule has 19 heavy (non-hydrogen) atoms. The second kappa shape index (κ2) is 5.45. The van der Waals surface area contributed by atoms with E-state index in [0.717, 1.165) is 11.1 Å². The van der Waals surface area contributed by atoms with E-state index < -0.39 is 0 Å². The molecule has 0 radical (unpaired) electrons. The van der Waals surface area contributed by atoms with Gasteiger partial charge in [0, 0.05) is 18.3 Å². The van der Waals surface area contributed by atoms with Crippen LogP contribution in [0.25, 0.3) is 11.1 Å². The van der Waals surface area contributed by atoms with E-state index in [1.165, 1.54) is 16.7 Å². The van der Waals surface area contributed by atoms with Gasteiger partial charge in [-0.15, -0.1) is 0 Å². The van der Waals surface area contributed by atoms with Gasteiger partial charge < -0.3 is 4.57 Å². The lowest BCUT2D eigenvalue weighted by Crippen LogP contribution is -1.97. The molecule has 2 aromatic carbocycles. The normalized spacial score (nSPS) is 10.6. The van der Waals surface area contributed by atoms with Crippen LogP contribution < -0.4 is 0 Å². The van der Waals surface area contributed by atoms with Crippen LogP contribution in [-0.2, 0) is 6.54 Å². The Labute approximate surface area is 121 Å². The van der Waals surface area contributed by atoms with Crippen LogP contribution >= 0.6 is 15.9 Å². The molecular formula is C17H14BrN. The van der Waals surface area contributed by atoms with Crippen LogP contribution in [0.4, 0.5) is 0 Å². The molecule has 0 aliphatic rings. The molecule has 0 aliphatic heterocycles. The Hall–Kier alpha value is -1.80. The zero-order valence-electron chi connectivity index (χ0n) is 10.5. The molecule has 1 aromatic heterocycles. The first-order valence-electron chi connectivity index (χ1n) is 6.28. The van der Waals surface area contributed by atoms with Crippen LogP contribution in [0.2, 0.25) is 0 Å². The first-order chi connectivity index (χ1) is 9.34. The molecule has 0 aliphatic carbocycles. The van der Waals surface area contributed by atoms with Gasteiger partial charge >= 0.3 is 0 Å². The molecular weight excluding hydrogens is 298 g/mol. The van der Waals surface area contributed by atoms with E-state index in [1.807, 2.05) is 12.1 Å². The monoisotopic (exact) mass is 311 g/mol. The molecule has 1 nitrogen and oxygen atoms in total. The lowest BCUT2D eigenvalue weighted by atomic mass is 10.1. The molecule has 0 fully saturated rings. The molecule has 0 atom stereocenters. The minimum atomic E-state index is 0.883. The molecule has 3 aromatic rings. The highest BCUT2D eigenvalue weighted by atomic mass is 79.9. The highest BCUT2D eigenvalue weighted by Crippen LogP contribution is 2.29. The molecule has 0 bridgehead atoms.